The Kier molecular flexibility index (Phi) is 4.83. The van der Waals surface area contributed by atoms with Crippen LogP contribution in [0.15, 0.2) is 30.5 Å². The van der Waals surface area contributed by atoms with Crippen molar-refractivity contribution in [1.82, 2.24) is 14.9 Å². The van der Waals surface area contributed by atoms with Gasteiger partial charge in [0.15, 0.2) is 5.65 Å². The number of likely N-dealkylation sites (tertiary alicyclic amines) is 1. The molecule has 1 aliphatic rings. The topological polar surface area (TPSA) is 46.1 Å². The summed E-state index contributed by atoms with van der Waals surface area (Å²) >= 11 is 0. The normalized spacial score (nSPS) is 18.3. The van der Waals surface area contributed by atoms with Gasteiger partial charge >= 0.3 is 0 Å². The third-order valence-corrected chi connectivity index (χ3v) is 4.65. The lowest BCUT2D eigenvalue weighted by Gasteiger charge is -2.23. The van der Waals surface area contributed by atoms with Gasteiger partial charge in [-0.15, -0.1) is 0 Å². The number of carbonyl (C=O) groups excluding carboxylic acids is 1. The van der Waals surface area contributed by atoms with Crippen LogP contribution in [0.2, 0.25) is 0 Å². The Balaban J connectivity index is 1.53. The maximum atomic E-state index is 12.3. The number of nitrogens with zero attached hydrogens (tertiary/aromatic N) is 3. The van der Waals surface area contributed by atoms with Gasteiger partial charge in [-0.3, -0.25) is 4.79 Å². The smallest absolute Gasteiger partial charge is 0.223 e. The lowest BCUT2D eigenvalue weighted by molar-refractivity contribution is -0.132. The van der Waals surface area contributed by atoms with Crippen molar-refractivity contribution in [3.05, 3.63) is 36.2 Å². The number of carbonyl (C=O) groups is 1. The van der Waals surface area contributed by atoms with Crippen molar-refractivity contribution in [2.45, 2.75) is 46.5 Å². The Bertz CT molecular complexity index is 720. The molecule has 0 bridgehead atoms. The second kappa shape index (κ2) is 6.88. The van der Waals surface area contributed by atoms with Crippen molar-refractivity contribution in [3.63, 3.8) is 0 Å². The van der Waals surface area contributed by atoms with Crippen LogP contribution in [0.1, 0.15) is 45.7 Å². The minimum absolute atomic E-state index is 0.0667. The van der Waals surface area contributed by atoms with Gasteiger partial charge in [-0.2, -0.15) is 0 Å². The Hall–Kier alpha value is -1.97. The predicted molar refractivity (Wildman–Crippen MR) is 96.6 cm³/mol. The van der Waals surface area contributed by atoms with Crippen molar-refractivity contribution in [3.8, 4) is 0 Å². The zero-order valence-corrected chi connectivity index (χ0v) is 15.0. The zero-order chi connectivity index (χ0) is 17.2. The van der Waals surface area contributed by atoms with Gasteiger partial charge in [-0.1, -0.05) is 20.8 Å². The summed E-state index contributed by atoms with van der Waals surface area (Å²) < 4.78 is 0. The van der Waals surface area contributed by atoms with Gasteiger partial charge in [-0.05, 0) is 54.9 Å². The molecule has 24 heavy (non-hydrogen) atoms. The molecule has 2 aromatic rings. The number of amides is 1. The summed E-state index contributed by atoms with van der Waals surface area (Å²) in [6, 6.07) is 8.17. The number of fused-ring (bicyclic) bond motifs is 1. The number of rotatable bonds is 4. The van der Waals surface area contributed by atoms with Crippen LogP contribution in [0, 0.1) is 11.3 Å². The molecule has 1 saturated heterocycles. The highest BCUT2D eigenvalue weighted by Gasteiger charge is 2.28. The van der Waals surface area contributed by atoms with Crippen molar-refractivity contribution in [1.29, 1.82) is 0 Å². The van der Waals surface area contributed by atoms with Gasteiger partial charge in [0.25, 0.3) is 0 Å². The van der Waals surface area contributed by atoms with E-state index in [2.05, 4.69) is 42.9 Å². The Labute approximate surface area is 144 Å². The predicted octanol–water partition coefficient (Wildman–Crippen LogP) is 3.85. The Morgan fingerprint density at radius 3 is 2.92 bits per heavy atom. The van der Waals surface area contributed by atoms with E-state index in [0.717, 1.165) is 49.1 Å². The fourth-order valence-corrected chi connectivity index (χ4v) is 3.34. The zero-order valence-electron chi connectivity index (χ0n) is 15.0. The average Bonchev–Trinajstić information content (AvgIpc) is 3.00. The molecule has 0 saturated carbocycles. The quantitative estimate of drug-likeness (QED) is 0.858. The first-order valence-corrected chi connectivity index (χ1v) is 8.89. The van der Waals surface area contributed by atoms with Gasteiger partial charge in [0.1, 0.15) is 0 Å². The second-order valence-electron chi connectivity index (χ2n) is 8.12. The molecular weight excluding hydrogens is 298 g/mol. The largest absolute Gasteiger partial charge is 0.342 e. The molecule has 0 aliphatic carbocycles. The molecule has 0 aromatic carbocycles. The number of hydrogen-bond acceptors (Lipinski definition) is 3. The summed E-state index contributed by atoms with van der Waals surface area (Å²) in [6.45, 7) is 8.18. The minimum atomic E-state index is 0.0667. The Morgan fingerprint density at radius 2 is 2.12 bits per heavy atom. The number of aromatic nitrogens is 2. The first-order valence-electron chi connectivity index (χ1n) is 8.89. The molecule has 1 fully saturated rings. The summed E-state index contributed by atoms with van der Waals surface area (Å²) in [7, 11) is 0. The summed E-state index contributed by atoms with van der Waals surface area (Å²) in [5.41, 5.74) is 1.99. The molecule has 128 valence electrons. The monoisotopic (exact) mass is 325 g/mol. The van der Waals surface area contributed by atoms with E-state index in [0.29, 0.717) is 18.2 Å². The minimum Gasteiger partial charge on any atom is -0.342 e. The highest BCUT2D eigenvalue weighted by atomic mass is 16.2. The molecule has 4 heteroatoms. The van der Waals surface area contributed by atoms with E-state index in [1.807, 2.05) is 17.0 Å². The third-order valence-electron chi connectivity index (χ3n) is 4.65. The van der Waals surface area contributed by atoms with E-state index in [9.17, 15) is 4.79 Å². The van der Waals surface area contributed by atoms with E-state index < -0.39 is 0 Å². The SMILES string of the molecule is CC(C)(C)CC(=O)N1CC[C@@H](CCc2ccc3cccnc3n2)C1. The van der Waals surface area contributed by atoms with Crippen LogP contribution in [0.25, 0.3) is 11.0 Å². The summed E-state index contributed by atoms with van der Waals surface area (Å²) in [4.78, 5) is 23.4. The van der Waals surface area contributed by atoms with Crippen LogP contribution >= 0.6 is 0 Å². The first-order chi connectivity index (χ1) is 11.4. The van der Waals surface area contributed by atoms with Crippen molar-refractivity contribution in [2.75, 3.05) is 13.1 Å². The van der Waals surface area contributed by atoms with Gasteiger partial charge in [-0.25, -0.2) is 9.97 Å². The molecule has 0 unspecified atom stereocenters. The lowest BCUT2D eigenvalue weighted by atomic mass is 9.91. The molecule has 0 spiro atoms. The van der Waals surface area contributed by atoms with Crippen LogP contribution in [-0.2, 0) is 11.2 Å². The van der Waals surface area contributed by atoms with Crippen molar-refractivity contribution >= 4 is 16.9 Å². The van der Waals surface area contributed by atoms with Crippen molar-refractivity contribution in [2.24, 2.45) is 11.3 Å². The van der Waals surface area contributed by atoms with Crippen LogP contribution in [0.3, 0.4) is 0 Å². The molecule has 4 nitrogen and oxygen atoms in total. The van der Waals surface area contributed by atoms with Gasteiger partial charge in [0.2, 0.25) is 5.91 Å². The molecule has 0 N–H and O–H groups in total. The molecule has 3 heterocycles. The van der Waals surface area contributed by atoms with Gasteiger partial charge < -0.3 is 4.90 Å². The summed E-state index contributed by atoms with van der Waals surface area (Å²) in [5.74, 6) is 0.896. The molecular formula is C20H27N3O. The summed E-state index contributed by atoms with van der Waals surface area (Å²) in [6.07, 6.45) is 5.58. The van der Waals surface area contributed by atoms with Gasteiger partial charge in [0, 0.05) is 36.8 Å². The lowest BCUT2D eigenvalue weighted by Crippen LogP contribution is -2.31. The van der Waals surface area contributed by atoms with E-state index in [1.54, 1.807) is 6.20 Å². The third kappa shape index (κ3) is 4.31. The number of hydrogen-bond donors (Lipinski definition) is 0. The highest BCUT2D eigenvalue weighted by Crippen LogP contribution is 2.26. The van der Waals surface area contributed by atoms with Crippen LogP contribution in [-0.4, -0.2) is 33.9 Å². The van der Waals surface area contributed by atoms with Crippen LogP contribution in [0.4, 0.5) is 0 Å². The number of pyridine rings is 2. The highest BCUT2D eigenvalue weighted by molar-refractivity contribution is 5.77. The molecule has 1 amide bonds. The second-order valence-corrected chi connectivity index (χ2v) is 8.12. The van der Waals surface area contributed by atoms with Crippen LogP contribution < -0.4 is 0 Å². The Morgan fingerprint density at radius 1 is 1.29 bits per heavy atom. The number of aryl methyl sites for hydroxylation is 1. The molecule has 2 aromatic heterocycles. The first kappa shape index (κ1) is 16.9. The van der Waals surface area contributed by atoms with Crippen LogP contribution in [0.5, 0.6) is 0 Å². The van der Waals surface area contributed by atoms with E-state index >= 15 is 0 Å². The van der Waals surface area contributed by atoms with Crippen molar-refractivity contribution < 1.29 is 4.79 Å². The maximum Gasteiger partial charge on any atom is 0.223 e. The van der Waals surface area contributed by atoms with Gasteiger partial charge in [0.05, 0.1) is 0 Å². The molecule has 0 radical (unpaired) electrons. The molecule has 1 aliphatic heterocycles. The fraction of sp³-hybridized carbons (Fsp3) is 0.550. The average molecular weight is 325 g/mol. The van der Waals surface area contributed by atoms with E-state index in [-0.39, 0.29) is 5.41 Å². The maximum absolute atomic E-state index is 12.3. The van der Waals surface area contributed by atoms with E-state index in [1.165, 1.54) is 0 Å². The molecule has 1 atom stereocenters. The fourth-order valence-electron chi connectivity index (χ4n) is 3.34. The standard InChI is InChI=1S/C20H27N3O/c1-20(2,3)13-18(24)23-12-10-15(14-23)6-8-17-9-7-16-5-4-11-21-19(16)22-17/h4-5,7,9,11,15H,6,8,10,12-14H2,1-3H3/t15-/m1/s1. The van der Waals surface area contributed by atoms with E-state index in [4.69, 9.17) is 0 Å². The molecule has 3 rings (SSSR count). The summed E-state index contributed by atoms with van der Waals surface area (Å²) in [5, 5.41) is 1.08.